The van der Waals surface area contributed by atoms with Crippen molar-refractivity contribution < 1.29 is 45.4 Å². The highest BCUT2D eigenvalue weighted by Gasteiger charge is 2.71. The Hall–Kier alpha value is -3.19. The SMILES string of the molecule is O=C(Nc1ccc(C(=O)N2CCN(Cc3ccc(C(O)(C(F)(F)F)C(F)(F)F)cc3)CC2)cc1F)C1CCCCC1. The Labute approximate surface area is 232 Å². The lowest BCUT2D eigenvalue weighted by molar-refractivity contribution is -0.376. The molecule has 0 radical (unpaired) electrons. The molecule has 0 atom stereocenters. The number of hydrogen-bond donors (Lipinski definition) is 2. The van der Waals surface area contributed by atoms with Crippen molar-refractivity contribution in [2.24, 2.45) is 5.92 Å². The van der Waals surface area contributed by atoms with E-state index in [0.29, 0.717) is 30.8 Å². The van der Waals surface area contributed by atoms with Crippen LogP contribution in [0.2, 0.25) is 0 Å². The van der Waals surface area contributed by atoms with E-state index in [1.54, 1.807) is 0 Å². The van der Waals surface area contributed by atoms with Gasteiger partial charge in [0.2, 0.25) is 5.91 Å². The van der Waals surface area contributed by atoms with E-state index in [1.807, 2.05) is 4.90 Å². The summed E-state index contributed by atoms with van der Waals surface area (Å²) in [5, 5.41) is 12.1. The Kier molecular flexibility index (Phi) is 8.98. The van der Waals surface area contributed by atoms with Crippen molar-refractivity contribution in [3.8, 4) is 0 Å². The Bertz CT molecular complexity index is 1220. The van der Waals surface area contributed by atoms with Crippen LogP contribution < -0.4 is 5.32 Å². The van der Waals surface area contributed by atoms with Gasteiger partial charge in [0.15, 0.2) is 0 Å². The zero-order valence-electron chi connectivity index (χ0n) is 22.0. The van der Waals surface area contributed by atoms with E-state index in [0.717, 1.165) is 50.3 Å². The Morgan fingerprint density at radius 1 is 0.854 bits per heavy atom. The van der Waals surface area contributed by atoms with Crippen LogP contribution >= 0.6 is 0 Å². The van der Waals surface area contributed by atoms with Gasteiger partial charge < -0.3 is 15.3 Å². The maximum Gasteiger partial charge on any atom is 0.430 e. The lowest BCUT2D eigenvalue weighted by atomic mass is 9.88. The maximum atomic E-state index is 14.7. The fourth-order valence-electron chi connectivity index (χ4n) is 5.24. The smallest absolute Gasteiger partial charge is 0.369 e. The van der Waals surface area contributed by atoms with Gasteiger partial charge in [0.05, 0.1) is 5.69 Å². The fourth-order valence-corrected chi connectivity index (χ4v) is 5.24. The fraction of sp³-hybridized carbons (Fsp3) is 0.500. The van der Waals surface area contributed by atoms with E-state index in [9.17, 15) is 45.4 Å². The third kappa shape index (κ3) is 6.66. The van der Waals surface area contributed by atoms with Crippen LogP contribution in [0.5, 0.6) is 0 Å². The van der Waals surface area contributed by atoms with Gasteiger partial charge in [-0.05, 0) is 36.6 Å². The average molecular weight is 590 g/mol. The highest BCUT2D eigenvalue weighted by Crippen LogP contribution is 2.50. The zero-order valence-corrected chi connectivity index (χ0v) is 22.0. The summed E-state index contributed by atoms with van der Waals surface area (Å²) in [7, 11) is 0. The van der Waals surface area contributed by atoms with E-state index in [1.165, 1.54) is 17.0 Å². The second kappa shape index (κ2) is 12.0. The van der Waals surface area contributed by atoms with E-state index in [4.69, 9.17) is 0 Å². The first-order valence-corrected chi connectivity index (χ1v) is 13.3. The number of nitrogens with zero attached hydrogens (tertiary/aromatic N) is 2. The molecule has 0 bridgehead atoms. The maximum absolute atomic E-state index is 14.7. The van der Waals surface area contributed by atoms with E-state index < -0.39 is 35.2 Å². The monoisotopic (exact) mass is 589 g/mol. The largest absolute Gasteiger partial charge is 0.430 e. The molecule has 6 nitrogen and oxygen atoms in total. The Balaban J connectivity index is 1.32. The van der Waals surface area contributed by atoms with Crippen molar-refractivity contribution in [1.29, 1.82) is 0 Å². The molecule has 1 aliphatic carbocycles. The van der Waals surface area contributed by atoms with E-state index in [-0.39, 0.29) is 42.7 Å². The number of carbonyl (C=O) groups excluding carboxylic acids is 2. The minimum Gasteiger partial charge on any atom is -0.369 e. The van der Waals surface area contributed by atoms with Crippen LogP contribution in [-0.2, 0) is 16.9 Å². The molecule has 0 unspecified atom stereocenters. The van der Waals surface area contributed by atoms with Gasteiger partial charge in [-0.15, -0.1) is 0 Å². The van der Waals surface area contributed by atoms with Gasteiger partial charge in [-0.1, -0.05) is 43.5 Å². The third-order valence-electron chi connectivity index (χ3n) is 7.71. The third-order valence-corrected chi connectivity index (χ3v) is 7.71. The minimum atomic E-state index is -5.96. The van der Waals surface area contributed by atoms with Gasteiger partial charge in [-0.3, -0.25) is 14.5 Å². The summed E-state index contributed by atoms with van der Waals surface area (Å²) in [6.07, 6.45) is -7.38. The molecule has 1 heterocycles. The topological polar surface area (TPSA) is 72.9 Å². The molecule has 1 saturated carbocycles. The van der Waals surface area contributed by atoms with Gasteiger partial charge in [0.1, 0.15) is 5.82 Å². The average Bonchev–Trinajstić information content (AvgIpc) is 2.93. The van der Waals surface area contributed by atoms with Crippen molar-refractivity contribution in [2.45, 2.75) is 56.6 Å². The van der Waals surface area contributed by atoms with Crippen LogP contribution in [0.4, 0.5) is 36.4 Å². The molecule has 1 aliphatic heterocycles. The highest BCUT2D eigenvalue weighted by atomic mass is 19.4. The van der Waals surface area contributed by atoms with Crippen molar-refractivity contribution in [3.05, 3.63) is 65.0 Å². The van der Waals surface area contributed by atoms with Crippen LogP contribution in [0, 0.1) is 11.7 Å². The molecule has 2 N–H and O–H groups in total. The second-order valence-corrected chi connectivity index (χ2v) is 10.5. The van der Waals surface area contributed by atoms with Gasteiger partial charge in [0, 0.05) is 49.8 Å². The molecular formula is C28H30F7N3O3. The summed E-state index contributed by atoms with van der Waals surface area (Å²) in [5.41, 5.74) is -5.76. The van der Waals surface area contributed by atoms with Crippen LogP contribution in [0.3, 0.4) is 0 Å². The number of nitrogens with one attached hydrogen (secondary N) is 1. The quantitative estimate of drug-likeness (QED) is 0.430. The molecule has 2 fully saturated rings. The standard InChI is InChI=1S/C28H30F7N3O3/c29-22-16-20(8-11-23(22)36-24(39)19-4-2-1-3-5-19)25(40)38-14-12-37(13-15-38)17-18-6-9-21(10-7-18)26(41,27(30,31)32)28(33,34)35/h6-11,16,19,41H,1-5,12-15,17H2,(H,36,39). The molecule has 2 aromatic carbocycles. The lowest BCUT2D eigenvalue weighted by Gasteiger charge is -2.35. The molecule has 2 amide bonds. The number of alkyl halides is 6. The van der Waals surface area contributed by atoms with E-state index in [2.05, 4.69) is 5.32 Å². The molecule has 41 heavy (non-hydrogen) atoms. The van der Waals surface area contributed by atoms with Crippen molar-refractivity contribution in [3.63, 3.8) is 0 Å². The molecule has 0 aromatic heterocycles. The first-order valence-electron chi connectivity index (χ1n) is 13.3. The molecule has 1 saturated heterocycles. The number of anilines is 1. The predicted octanol–water partition coefficient (Wildman–Crippen LogP) is 5.61. The van der Waals surface area contributed by atoms with Crippen LogP contribution in [-0.4, -0.2) is 65.3 Å². The minimum absolute atomic E-state index is 0.0110. The summed E-state index contributed by atoms with van der Waals surface area (Å²) in [5.74, 6) is -1.51. The summed E-state index contributed by atoms with van der Waals surface area (Å²) in [6.45, 7) is 1.45. The van der Waals surface area contributed by atoms with Gasteiger partial charge in [0.25, 0.3) is 11.5 Å². The Morgan fingerprint density at radius 3 is 1.98 bits per heavy atom. The molecule has 224 valence electrons. The number of hydrogen-bond acceptors (Lipinski definition) is 4. The highest BCUT2D eigenvalue weighted by molar-refractivity contribution is 5.96. The molecule has 0 spiro atoms. The molecular weight excluding hydrogens is 559 g/mol. The zero-order chi connectivity index (χ0) is 30.0. The van der Waals surface area contributed by atoms with Crippen molar-refractivity contribution in [1.82, 2.24) is 9.80 Å². The number of benzene rings is 2. The number of halogens is 7. The number of rotatable bonds is 6. The lowest BCUT2D eigenvalue weighted by Crippen LogP contribution is -2.53. The van der Waals surface area contributed by atoms with Crippen LogP contribution in [0.25, 0.3) is 0 Å². The summed E-state index contributed by atoms with van der Waals surface area (Å²) in [4.78, 5) is 28.7. The Morgan fingerprint density at radius 2 is 1.44 bits per heavy atom. The molecule has 13 heteroatoms. The summed E-state index contributed by atoms with van der Waals surface area (Å²) in [6, 6.07) is 7.27. The van der Waals surface area contributed by atoms with Gasteiger partial charge >= 0.3 is 12.4 Å². The van der Waals surface area contributed by atoms with Crippen molar-refractivity contribution >= 4 is 17.5 Å². The summed E-state index contributed by atoms with van der Waals surface area (Å²) >= 11 is 0. The first-order chi connectivity index (χ1) is 19.2. The number of piperazine rings is 1. The van der Waals surface area contributed by atoms with Gasteiger partial charge in [-0.2, -0.15) is 26.3 Å². The van der Waals surface area contributed by atoms with Crippen LogP contribution in [0.15, 0.2) is 42.5 Å². The predicted molar refractivity (Wildman–Crippen MR) is 135 cm³/mol. The first kappa shape index (κ1) is 30.8. The molecule has 4 rings (SSSR count). The molecule has 2 aliphatic rings. The van der Waals surface area contributed by atoms with Gasteiger partial charge in [-0.25, -0.2) is 4.39 Å². The number of amides is 2. The van der Waals surface area contributed by atoms with Crippen molar-refractivity contribution in [2.75, 3.05) is 31.5 Å². The second-order valence-electron chi connectivity index (χ2n) is 10.5. The van der Waals surface area contributed by atoms with Crippen LogP contribution in [0.1, 0.15) is 53.6 Å². The number of aliphatic hydroxyl groups is 1. The molecule has 2 aromatic rings. The number of carbonyl (C=O) groups is 2. The summed E-state index contributed by atoms with van der Waals surface area (Å²) < 4.78 is 93.3. The normalized spacial score (nSPS) is 17.9. The van der Waals surface area contributed by atoms with E-state index >= 15 is 0 Å².